The Morgan fingerprint density at radius 3 is 2.67 bits per heavy atom. The molecule has 0 amide bonds. The van der Waals surface area contributed by atoms with Crippen LogP contribution in [0.4, 0.5) is 5.69 Å². The maximum atomic E-state index is 9.89. The average Bonchev–Trinajstić information content (AvgIpc) is 2.08. The van der Waals surface area contributed by atoms with Gasteiger partial charge in [0.15, 0.2) is 0 Å². The molecule has 4 nitrogen and oxygen atoms in total. The molecule has 12 heavy (non-hydrogen) atoms. The summed E-state index contributed by atoms with van der Waals surface area (Å²) in [5, 5.41) is 11.8. The standard InChI is InChI=1S/C6H4Cl2N2O2/c7-4-1-2-5(8)6(3-4)10(12)9-11/h1-3,12H. The maximum Gasteiger partial charge on any atom is 0.113 e. The van der Waals surface area contributed by atoms with E-state index < -0.39 is 0 Å². The minimum absolute atomic E-state index is 0.0548. The van der Waals surface area contributed by atoms with Gasteiger partial charge in [0.1, 0.15) is 5.69 Å². The van der Waals surface area contributed by atoms with Crippen molar-refractivity contribution in [3.63, 3.8) is 0 Å². The van der Waals surface area contributed by atoms with Crippen molar-refractivity contribution >= 4 is 28.9 Å². The van der Waals surface area contributed by atoms with E-state index in [2.05, 4.69) is 5.29 Å². The number of hydrogen-bond acceptors (Lipinski definition) is 3. The smallest absolute Gasteiger partial charge is 0.113 e. The van der Waals surface area contributed by atoms with Gasteiger partial charge in [0.2, 0.25) is 0 Å². The number of rotatable bonds is 2. The van der Waals surface area contributed by atoms with E-state index in [1.807, 2.05) is 0 Å². The van der Waals surface area contributed by atoms with Crippen LogP contribution in [0.1, 0.15) is 0 Å². The van der Waals surface area contributed by atoms with E-state index in [4.69, 9.17) is 28.4 Å². The highest BCUT2D eigenvalue weighted by molar-refractivity contribution is 6.35. The molecule has 0 saturated heterocycles. The third kappa shape index (κ3) is 1.85. The lowest BCUT2D eigenvalue weighted by Crippen LogP contribution is -2.08. The van der Waals surface area contributed by atoms with E-state index in [0.29, 0.717) is 5.02 Å². The summed E-state index contributed by atoms with van der Waals surface area (Å²) in [5.74, 6) is 0. The Morgan fingerprint density at radius 2 is 2.08 bits per heavy atom. The molecule has 1 aromatic carbocycles. The summed E-state index contributed by atoms with van der Waals surface area (Å²) >= 11 is 11.2. The van der Waals surface area contributed by atoms with Crippen molar-refractivity contribution in [1.82, 2.24) is 0 Å². The molecule has 1 aromatic rings. The zero-order valence-electron chi connectivity index (χ0n) is 5.74. The average molecular weight is 207 g/mol. The van der Waals surface area contributed by atoms with Crippen LogP contribution in [0.2, 0.25) is 10.0 Å². The molecule has 0 aliphatic carbocycles. The molecule has 0 heterocycles. The first-order chi connectivity index (χ1) is 5.65. The SMILES string of the molecule is O=NN(O)c1cc(Cl)ccc1Cl. The second-order valence-electron chi connectivity index (χ2n) is 1.97. The van der Waals surface area contributed by atoms with E-state index in [1.165, 1.54) is 18.2 Å². The van der Waals surface area contributed by atoms with Crippen LogP contribution in [0.15, 0.2) is 23.5 Å². The fraction of sp³-hybridized carbons (Fsp3) is 0. The Hall–Kier alpha value is -0.840. The number of halogens is 2. The summed E-state index contributed by atoms with van der Waals surface area (Å²) in [4.78, 5) is 9.89. The van der Waals surface area contributed by atoms with Gasteiger partial charge in [0, 0.05) is 5.02 Å². The lowest BCUT2D eigenvalue weighted by Gasteiger charge is -2.07. The van der Waals surface area contributed by atoms with Crippen molar-refractivity contribution in [2.45, 2.75) is 0 Å². The molecule has 0 radical (unpaired) electrons. The van der Waals surface area contributed by atoms with Gasteiger partial charge < -0.3 is 0 Å². The van der Waals surface area contributed by atoms with Crippen molar-refractivity contribution in [2.75, 3.05) is 5.17 Å². The fourth-order valence-electron chi connectivity index (χ4n) is 0.683. The molecule has 0 aromatic heterocycles. The fourth-order valence-corrected chi connectivity index (χ4v) is 1.04. The van der Waals surface area contributed by atoms with Gasteiger partial charge in [-0.2, -0.15) is 0 Å². The largest absolute Gasteiger partial charge is 0.265 e. The zero-order chi connectivity index (χ0) is 9.14. The summed E-state index contributed by atoms with van der Waals surface area (Å²) in [6, 6.07) is 4.31. The molecule has 0 bridgehead atoms. The normalized spacial score (nSPS) is 9.58. The van der Waals surface area contributed by atoms with Gasteiger partial charge in [0.25, 0.3) is 0 Å². The lowest BCUT2D eigenvalue weighted by molar-refractivity contribution is 0.258. The van der Waals surface area contributed by atoms with E-state index in [9.17, 15) is 4.91 Å². The van der Waals surface area contributed by atoms with Gasteiger partial charge >= 0.3 is 0 Å². The van der Waals surface area contributed by atoms with Crippen molar-refractivity contribution in [2.24, 2.45) is 5.29 Å². The van der Waals surface area contributed by atoms with Gasteiger partial charge in [-0.3, -0.25) is 5.21 Å². The molecule has 0 saturated carbocycles. The first-order valence-electron chi connectivity index (χ1n) is 2.92. The third-order valence-electron chi connectivity index (χ3n) is 1.20. The van der Waals surface area contributed by atoms with E-state index in [1.54, 1.807) is 0 Å². The molecule has 0 unspecified atom stereocenters. The predicted molar refractivity (Wildman–Crippen MR) is 46.5 cm³/mol. The lowest BCUT2D eigenvalue weighted by atomic mass is 10.3. The number of hydrogen-bond donors (Lipinski definition) is 1. The van der Waals surface area contributed by atoms with Crippen LogP contribution >= 0.6 is 23.2 Å². The Balaban J connectivity index is 3.12. The number of benzene rings is 1. The van der Waals surface area contributed by atoms with Crippen LogP contribution in [-0.2, 0) is 0 Å². The quantitative estimate of drug-likeness (QED) is 0.599. The first-order valence-corrected chi connectivity index (χ1v) is 3.68. The molecule has 64 valence electrons. The molecule has 0 aliphatic rings. The van der Waals surface area contributed by atoms with E-state index >= 15 is 0 Å². The van der Waals surface area contributed by atoms with Crippen molar-refractivity contribution < 1.29 is 5.21 Å². The van der Waals surface area contributed by atoms with E-state index in [0.717, 1.165) is 0 Å². The molecule has 0 fully saturated rings. The second-order valence-corrected chi connectivity index (χ2v) is 2.81. The topological polar surface area (TPSA) is 52.9 Å². The second kappa shape index (κ2) is 3.71. The minimum Gasteiger partial charge on any atom is -0.265 e. The van der Waals surface area contributed by atoms with Gasteiger partial charge in [-0.1, -0.05) is 23.2 Å². The maximum absolute atomic E-state index is 9.89. The van der Waals surface area contributed by atoms with Gasteiger partial charge in [-0.05, 0) is 18.2 Å². The van der Waals surface area contributed by atoms with Crippen LogP contribution < -0.4 is 5.17 Å². The van der Waals surface area contributed by atoms with Crippen LogP contribution in [0, 0.1) is 4.91 Å². The van der Waals surface area contributed by atoms with Crippen LogP contribution in [-0.4, -0.2) is 5.21 Å². The zero-order valence-corrected chi connectivity index (χ0v) is 7.25. The van der Waals surface area contributed by atoms with E-state index in [-0.39, 0.29) is 15.9 Å². The van der Waals surface area contributed by atoms with Crippen molar-refractivity contribution in [3.8, 4) is 0 Å². The Labute approximate surface area is 78.2 Å². The summed E-state index contributed by atoms with van der Waals surface area (Å²) in [5.41, 5.74) is 0.0548. The van der Waals surface area contributed by atoms with Crippen LogP contribution in [0.5, 0.6) is 0 Å². The van der Waals surface area contributed by atoms with Crippen LogP contribution in [0.25, 0.3) is 0 Å². The molecule has 0 aliphatic heterocycles. The molecular formula is C6H4Cl2N2O2. The third-order valence-corrected chi connectivity index (χ3v) is 1.76. The molecule has 1 N–H and O–H groups in total. The summed E-state index contributed by atoms with van der Waals surface area (Å²) < 4.78 is 0. The highest BCUT2D eigenvalue weighted by atomic mass is 35.5. The number of nitrogens with zero attached hydrogens (tertiary/aromatic N) is 2. The molecule has 1 rings (SSSR count). The first kappa shape index (κ1) is 9.25. The summed E-state index contributed by atoms with van der Waals surface area (Å²) in [6.45, 7) is 0. The Kier molecular flexibility index (Phi) is 2.86. The molecule has 0 spiro atoms. The van der Waals surface area contributed by atoms with Gasteiger partial charge in [-0.15, -0.1) is 10.1 Å². The number of nitroso groups, excluding NO2 is 1. The molecular weight excluding hydrogens is 203 g/mol. The predicted octanol–water partition coefficient (Wildman–Crippen LogP) is 2.87. The van der Waals surface area contributed by atoms with Crippen molar-refractivity contribution in [3.05, 3.63) is 33.2 Å². The summed E-state index contributed by atoms with van der Waals surface area (Å²) in [6.07, 6.45) is 0. The number of anilines is 1. The van der Waals surface area contributed by atoms with Gasteiger partial charge in [-0.25, -0.2) is 0 Å². The van der Waals surface area contributed by atoms with Crippen LogP contribution in [0.3, 0.4) is 0 Å². The van der Waals surface area contributed by atoms with Crippen molar-refractivity contribution in [1.29, 1.82) is 0 Å². The Morgan fingerprint density at radius 1 is 1.42 bits per heavy atom. The molecule has 0 atom stereocenters. The molecule has 6 heteroatoms. The summed E-state index contributed by atoms with van der Waals surface area (Å²) in [7, 11) is 0. The minimum atomic E-state index is 0.0548. The Bertz CT molecular complexity index is 306. The monoisotopic (exact) mass is 206 g/mol. The highest BCUT2D eigenvalue weighted by Gasteiger charge is 2.07. The van der Waals surface area contributed by atoms with Gasteiger partial charge in [0.05, 0.1) is 10.3 Å². The highest BCUT2D eigenvalue weighted by Crippen LogP contribution is 2.27.